The van der Waals surface area contributed by atoms with Crippen LogP contribution in [0.25, 0.3) is 66.4 Å². The molecule has 74 heavy (non-hydrogen) atoms. The monoisotopic (exact) mass is 948 g/mol. The first kappa shape index (κ1) is 44.0. The number of hydrogen-bond donors (Lipinski definition) is 0. The normalized spacial score (nSPS) is 11.2. The molecule has 1 aromatic heterocycles. The van der Waals surface area contributed by atoms with Crippen LogP contribution in [0.3, 0.4) is 0 Å². The van der Waals surface area contributed by atoms with E-state index in [-0.39, 0.29) is 0 Å². The van der Waals surface area contributed by atoms with Gasteiger partial charge in [0.1, 0.15) is 5.52 Å². The maximum absolute atomic E-state index is 6.72. The highest BCUT2D eigenvalue weighted by molar-refractivity contribution is 6.18. The van der Waals surface area contributed by atoms with E-state index in [1.807, 2.05) is 30.3 Å². The van der Waals surface area contributed by atoms with Crippen molar-refractivity contribution >= 4 is 83.8 Å². The molecule has 12 aromatic carbocycles. The first-order chi connectivity index (χ1) is 36.7. The third-order valence-corrected chi connectivity index (χ3v) is 13.8. The van der Waals surface area contributed by atoms with Crippen molar-refractivity contribution in [1.82, 2.24) is 4.98 Å². The summed E-state index contributed by atoms with van der Waals surface area (Å²) in [5, 5.41) is 4.31. The first-order valence-corrected chi connectivity index (χ1v) is 25.0. The quantitative estimate of drug-likeness (QED) is 0.114. The fraction of sp³-hybridized carbons (Fsp3) is 0. The van der Waals surface area contributed by atoms with Crippen molar-refractivity contribution in [3.63, 3.8) is 0 Å². The molecule has 0 unspecified atom stereocenters. The zero-order chi connectivity index (χ0) is 49.2. The highest BCUT2D eigenvalue weighted by atomic mass is 16.3. The van der Waals surface area contributed by atoms with Crippen molar-refractivity contribution in [2.24, 2.45) is 0 Å². The zero-order valence-electron chi connectivity index (χ0n) is 40.4. The van der Waals surface area contributed by atoms with Gasteiger partial charge in [-0.2, -0.15) is 0 Å². The smallest absolute Gasteiger partial charge is 0.227 e. The van der Waals surface area contributed by atoms with E-state index in [1.165, 1.54) is 11.1 Å². The summed E-state index contributed by atoms with van der Waals surface area (Å²) >= 11 is 0. The lowest BCUT2D eigenvalue weighted by Gasteiger charge is -2.31. The van der Waals surface area contributed by atoms with Crippen molar-refractivity contribution in [2.75, 3.05) is 14.7 Å². The Morgan fingerprint density at radius 3 is 1.22 bits per heavy atom. The number of fused-ring (bicyclic) bond motifs is 5. The van der Waals surface area contributed by atoms with Gasteiger partial charge < -0.3 is 19.1 Å². The van der Waals surface area contributed by atoms with Gasteiger partial charge in [-0.1, -0.05) is 176 Å². The van der Waals surface area contributed by atoms with E-state index in [1.54, 1.807) is 0 Å². The summed E-state index contributed by atoms with van der Waals surface area (Å²) in [6.07, 6.45) is 0. The molecule has 0 spiro atoms. The number of para-hydroxylation sites is 3. The van der Waals surface area contributed by atoms with Crippen molar-refractivity contribution in [3.8, 4) is 33.7 Å². The Bertz CT molecular complexity index is 4050. The molecule has 0 atom stereocenters. The third-order valence-electron chi connectivity index (χ3n) is 13.8. The highest BCUT2D eigenvalue weighted by Gasteiger charge is 2.22. The molecule has 0 aliphatic heterocycles. The van der Waals surface area contributed by atoms with E-state index >= 15 is 0 Å². The summed E-state index contributed by atoms with van der Waals surface area (Å²) in [5.74, 6) is 0.605. The van der Waals surface area contributed by atoms with Gasteiger partial charge in [0, 0.05) is 62.1 Å². The largest absolute Gasteiger partial charge is 0.435 e. The average molecular weight is 949 g/mol. The maximum atomic E-state index is 6.72. The Morgan fingerprint density at radius 2 is 0.649 bits per heavy atom. The molecule has 0 bridgehead atoms. The number of oxazole rings is 1. The lowest BCUT2D eigenvalue weighted by Crippen LogP contribution is -2.14. The lowest BCUT2D eigenvalue weighted by molar-refractivity contribution is 0.623. The van der Waals surface area contributed by atoms with Crippen molar-refractivity contribution in [2.45, 2.75) is 0 Å². The van der Waals surface area contributed by atoms with Crippen LogP contribution in [0.1, 0.15) is 0 Å². The average Bonchev–Trinajstić information content (AvgIpc) is 3.92. The second-order valence-electron chi connectivity index (χ2n) is 18.4. The van der Waals surface area contributed by atoms with Gasteiger partial charge in [0.2, 0.25) is 5.89 Å². The molecule has 0 aliphatic rings. The molecule has 13 aromatic rings. The SMILES string of the molecule is c1ccc(-c2nc3ccc4ccc5ccc(N(c6cccc(-c7ccccc7-c7ccccc7)c6)c6cccc(N(c7ccccc7)c7cccc(N(c8ccccc8)c8ccccc8)c7)c6)cc5c4c3o2)cc1. The van der Waals surface area contributed by atoms with E-state index in [0.29, 0.717) is 5.89 Å². The standard InChI is InChI=1S/C69H48N4O/c1-6-21-49(22-7-1)63-37-16-17-38-64(63)53-25-18-32-57(45-53)73(62-43-41-50-39-40-51-42-44-66-68(67(51)65(50)48-62)74-69(70-66)52-23-8-2-9-24-52)61-36-20-35-60(47-61)72(56-30-14-5-15-31-56)59-34-19-33-58(46-59)71(54-26-10-3-11-27-54)55-28-12-4-13-29-55/h1-48H. The number of benzene rings is 12. The number of nitrogens with zero attached hydrogens (tertiary/aromatic N) is 4. The van der Waals surface area contributed by atoms with E-state index in [2.05, 4.69) is 276 Å². The van der Waals surface area contributed by atoms with Gasteiger partial charge in [-0.05, 0) is 154 Å². The molecule has 0 saturated heterocycles. The molecule has 0 radical (unpaired) electrons. The van der Waals surface area contributed by atoms with Crippen LogP contribution in [0.2, 0.25) is 0 Å². The van der Waals surface area contributed by atoms with E-state index in [0.717, 1.165) is 101 Å². The second-order valence-corrected chi connectivity index (χ2v) is 18.4. The minimum atomic E-state index is 0.605. The number of anilines is 9. The topological polar surface area (TPSA) is 35.8 Å². The van der Waals surface area contributed by atoms with Gasteiger partial charge in [0.25, 0.3) is 0 Å². The van der Waals surface area contributed by atoms with Crippen LogP contribution in [-0.4, -0.2) is 4.98 Å². The second kappa shape index (κ2) is 19.3. The predicted octanol–water partition coefficient (Wildman–Crippen LogP) is 19.5. The molecule has 0 fully saturated rings. The number of aromatic nitrogens is 1. The predicted molar refractivity (Wildman–Crippen MR) is 309 cm³/mol. The van der Waals surface area contributed by atoms with Crippen molar-refractivity contribution < 1.29 is 4.42 Å². The zero-order valence-corrected chi connectivity index (χ0v) is 40.4. The molecular formula is C69H48N4O. The Morgan fingerprint density at radius 1 is 0.270 bits per heavy atom. The molecule has 0 aliphatic carbocycles. The first-order valence-electron chi connectivity index (χ1n) is 25.0. The molecular weight excluding hydrogens is 901 g/mol. The van der Waals surface area contributed by atoms with Crippen LogP contribution >= 0.6 is 0 Å². The van der Waals surface area contributed by atoms with Crippen LogP contribution in [0.4, 0.5) is 51.2 Å². The van der Waals surface area contributed by atoms with Gasteiger partial charge >= 0.3 is 0 Å². The summed E-state index contributed by atoms with van der Waals surface area (Å²) in [4.78, 5) is 12.0. The summed E-state index contributed by atoms with van der Waals surface area (Å²) in [5.41, 5.74) is 16.5. The van der Waals surface area contributed by atoms with Crippen LogP contribution < -0.4 is 14.7 Å². The molecule has 0 N–H and O–H groups in total. The van der Waals surface area contributed by atoms with Crippen LogP contribution in [-0.2, 0) is 0 Å². The molecule has 0 saturated carbocycles. The van der Waals surface area contributed by atoms with Crippen LogP contribution in [0.5, 0.6) is 0 Å². The number of rotatable bonds is 12. The number of hydrogen-bond acceptors (Lipinski definition) is 5. The summed E-state index contributed by atoms with van der Waals surface area (Å²) in [6.45, 7) is 0. The third kappa shape index (κ3) is 8.38. The molecule has 350 valence electrons. The summed E-state index contributed by atoms with van der Waals surface area (Å²) in [7, 11) is 0. The van der Waals surface area contributed by atoms with Crippen molar-refractivity contribution in [1.29, 1.82) is 0 Å². The Hall–Kier alpha value is -9.97. The van der Waals surface area contributed by atoms with E-state index < -0.39 is 0 Å². The van der Waals surface area contributed by atoms with Gasteiger partial charge in [-0.15, -0.1) is 0 Å². The Balaban J connectivity index is 0.999. The Kier molecular flexibility index (Phi) is 11.5. The van der Waals surface area contributed by atoms with Crippen LogP contribution in [0.15, 0.2) is 296 Å². The molecule has 5 heteroatoms. The summed E-state index contributed by atoms with van der Waals surface area (Å²) < 4.78 is 6.72. The minimum absolute atomic E-state index is 0.605. The summed E-state index contributed by atoms with van der Waals surface area (Å²) in [6, 6.07) is 103. The van der Waals surface area contributed by atoms with Gasteiger partial charge in [0.05, 0.1) is 0 Å². The van der Waals surface area contributed by atoms with Crippen molar-refractivity contribution in [3.05, 3.63) is 291 Å². The highest BCUT2D eigenvalue weighted by Crippen LogP contribution is 2.46. The molecule has 0 amide bonds. The van der Waals surface area contributed by atoms with Crippen LogP contribution in [0, 0.1) is 0 Å². The fourth-order valence-electron chi connectivity index (χ4n) is 10.4. The van der Waals surface area contributed by atoms with E-state index in [4.69, 9.17) is 9.40 Å². The minimum Gasteiger partial charge on any atom is -0.435 e. The Labute approximate surface area is 430 Å². The van der Waals surface area contributed by atoms with Gasteiger partial charge in [0.15, 0.2) is 5.58 Å². The molecule has 5 nitrogen and oxygen atoms in total. The van der Waals surface area contributed by atoms with Gasteiger partial charge in [-0.25, -0.2) is 4.98 Å². The maximum Gasteiger partial charge on any atom is 0.227 e. The lowest BCUT2D eigenvalue weighted by atomic mass is 9.94. The van der Waals surface area contributed by atoms with Gasteiger partial charge in [-0.3, -0.25) is 0 Å². The molecule has 13 rings (SSSR count). The van der Waals surface area contributed by atoms with E-state index in [9.17, 15) is 0 Å². The molecule has 1 heterocycles. The fourth-order valence-corrected chi connectivity index (χ4v) is 10.4.